The number of rotatable bonds is 2. The van der Waals surface area contributed by atoms with E-state index in [9.17, 15) is 0 Å². The second kappa shape index (κ2) is 4.42. The van der Waals surface area contributed by atoms with Crippen LogP contribution in [0.25, 0.3) is 0 Å². The summed E-state index contributed by atoms with van der Waals surface area (Å²) < 4.78 is 0. The fourth-order valence-corrected chi connectivity index (χ4v) is 1.25. The molecule has 1 aromatic rings. The van der Waals surface area contributed by atoms with E-state index >= 15 is 0 Å². The number of hydrogen-bond donors (Lipinski definition) is 0. The molecule has 0 aliphatic carbocycles. The van der Waals surface area contributed by atoms with Crippen molar-refractivity contribution in [1.82, 2.24) is 0 Å². The highest BCUT2D eigenvalue weighted by Crippen LogP contribution is 2.21. The van der Waals surface area contributed by atoms with Crippen LogP contribution in [0, 0.1) is 0 Å². The average molecular weight is 187 g/mol. The third kappa shape index (κ3) is 2.57. The quantitative estimate of drug-likeness (QED) is 0.619. The van der Waals surface area contributed by atoms with Gasteiger partial charge in [0.15, 0.2) is 0 Å². The molecule has 0 aliphatic heterocycles. The Morgan fingerprint density at radius 1 is 1.18 bits per heavy atom. The van der Waals surface area contributed by atoms with E-state index in [1.165, 1.54) is 5.54 Å². The Balaban J connectivity index is 2.76. The molecule has 0 bridgehead atoms. The summed E-state index contributed by atoms with van der Waals surface area (Å²) in [6.45, 7) is 0. The van der Waals surface area contributed by atoms with Crippen molar-refractivity contribution >= 4 is 23.2 Å². The Morgan fingerprint density at radius 3 is 2.36 bits per heavy atom. The third-order valence-corrected chi connectivity index (χ3v) is 1.90. The number of alkyl halides is 1. The molecule has 0 heterocycles. The first kappa shape index (κ1) is 8.63. The molecule has 2 heteroatoms. The maximum atomic E-state index is 5.94. The van der Waals surface area contributed by atoms with Crippen molar-refractivity contribution < 1.29 is 0 Å². The molecule has 0 saturated carbocycles. The first-order valence-corrected chi connectivity index (χ1v) is 4.18. The van der Waals surface area contributed by atoms with Gasteiger partial charge in [-0.1, -0.05) is 48.0 Å². The SMILES string of the molecule is ClC=CC(Cl)c1ccccc1. The van der Waals surface area contributed by atoms with E-state index in [-0.39, 0.29) is 5.38 Å². The average Bonchev–Trinajstić information content (AvgIpc) is 2.07. The predicted molar refractivity (Wildman–Crippen MR) is 50.0 cm³/mol. The van der Waals surface area contributed by atoms with Crippen LogP contribution in [0.2, 0.25) is 0 Å². The third-order valence-electron chi connectivity index (χ3n) is 1.36. The van der Waals surface area contributed by atoms with Crippen LogP contribution in [-0.4, -0.2) is 0 Å². The highest BCUT2D eigenvalue weighted by Gasteiger charge is 2.00. The summed E-state index contributed by atoms with van der Waals surface area (Å²) >= 11 is 11.3. The molecule has 0 amide bonds. The Labute approximate surface area is 76.4 Å². The molecule has 0 aliphatic rings. The number of benzene rings is 1. The highest BCUT2D eigenvalue weighted by atomic mass is 35.5. The predicted octanol–water partition coefficient (Wildman–Crippen LogP) is 3.72. The van der Waals surface area contributed by atoms with E-state index in [1.807, 2.05) is 30.3 Å². The number of allylic oxidation sites excluding steroid dienone is 1. The van der Waals surface area contributed by atoms with E-state index in [2.05, 4.69) is 0 Å². The van der Waals surface area contributed by atoms with Crippen molar-refractivity contribution in [1.29, 1.82) is 0 Å². The van der Waals surface area contributed by atoms with Crippen LogP contribution in [-0.2, 0) is 0 Å². The summed E-state index contributed by atoms with van der Waals surface area (Å²) in [6.07, 6.45) is 1.73. The van der Waals surface area contributed by atoms with Crippen molar-refractivity contribution in [3.8, 4) is 0 Å². The lowest BCUT2D eigenvalue weighted by Gasteiger charge is -2.01. The molecule has 0 aromatic heterocycles. The van der Waals surface area contributed by atoms with Crippen molar-refractivity contribution in [2.24, 2.45) is 0 Å². The maximum Gasteiger partial charge on any atom is 0.0777 e. The summed E-state index contributed by atoms with van der Waals surface area (Å²) in [5.41, 5.74) is 2.50. The van der Waals surface area contributed by atoms with Gasteiger partial charge < -0.3 is 0 Å². The minimum atomic E-state index is -0.117. The van der Waals surface area contributed by atoms with Crippen LogP contribution in [0.4, 0.5) is 0 Å². The molecule has 0 saturated heterocycles. The molecule has 11 heavy (non-hydrogen) atoms. The first-order chi connectivity index (χ1) is 5.34. The molecule has 1 unspecified atom stereocenters. The second-order valence-electron chi connectivity index (χ2n) is 2.13. The normalized spacial score (nSPS) is 13.6. The molecule has 0 N–H and O–H groups in total. The standard InChI is InChI=1S/C9H8Cl2/c10-7-6-9(11)8-4-2-1-3-5-8/h1-7,9H. The second-order valence-corrected chi connectivity index (χ2v) is 2.85. The van der Waals surface area contributed by atoms with Gasteiger partial charge in [0.05, 0.1) is 5.38 Å². The minimum absolute atomic E-state index is 0.117. The van der Waals surface area contributed by atoms with Gasteiger partial charge in [0.25, 0.3) is 0 Å². The van der Waals surface area contributed by atoms with E-state index in [1.54, 1.807) is 6.08 Å². The lowest BCUT2D eigenvalue weighted by molar-refractivity contribution is 1.22. The molecular weight excluding hydrogens is 179 g/mol. The van der Waals surface area contributed by atoms with Crippen molar-refractivity contribution in [3.05, 3.63) is 47.5 Å². The van der Waals surface area contributed by atoms with Gasteiger partial charge in [0.2, 0.25) is 0 Å². The minimum Gasteiger partial charge on any atom is -0.113 e. The van der Waals surface area contributed by atoms with Gasteiger partial charge in [-0.2, -0.15) is 0 Å². The lowest BCUT2D eigenvalue weighted by Crippen LogP contribution is -1.82. The molecule has 1 atom stereocenters. The summed E-state index contributed by atoms with van der Waals surface area (Å²) in [5.74, 6) is 0. The summed E-state index contributed by atoms with van der Waals surface area (Å²) in [6, 6.07) is 9.79. The fourth-order valence-electron chi connectivity index (χ4n) is 0.812. The highest BCUT2D eigenvalue weighted by molar-refractivity contribution is 6.27. The van der Waals surface area contributed by atoms with E-state index in [0.717, 1.165) is 5.56 Å². The Hall–Kier alpha value is -0.460. The molecule has 58 valence electrons. The molecule has 1 aromatic carbocycles. The molecule has 0 nitrogen and oxygen atoms in total. The van der Waals surface area contributed by atoms with Gasteiger partial charge in [-0.3, -0.25) is 0 Å². The Morgan fingerprint density at radius 2 is 1.82 bits per heavy atom. The largest absolute Gasteiger partial charge is 0.113 e. The van der Waals surface area contributed by atoms with E-state index in [0.29, 0.717) is 0 Å². The summed E-state index contributed by atoms with van der Waals surface area (Å²) in [7, 11) is 0. The molecule has 1 rings (SSSR count). The smallest absolute Gasteiger partial charge is 0.0777 e. The van der Waals surface area contributed by atoms with Gasteiger partial charge in [-0.05, 0) is 5.56 Å². The molecule has 0 spiro atoms. The van der Waals surface area contributed by atoms with Crippen LogP contribution in [0.15, 0.2) is 41.9 Å². The summed E-state index contributed by atoms with van der Waals surface area (Å²) in [4.78, 5) is 0. The lowest BCUT2D eigenvalue weighted by atomic mass is 10.1. The van der Waals surface area contributed by atoms with Crippen LogP contribution < -0.4 is 0 Å². The van der Waals surface area contributed by atoms with Gasteiger partial charge in [0, 0.05) is 5.54 Å². The van der Waals surface area contributed by atoms with Gasteiger partial charge in [-0.25, -0.2) is 0 Å². The van der Waals surface area contributed by atoms with E-state index < -0.39 is 0 Å². The van der Waals surface area contributed by atoms with Crippen LogP contribution in [0.5, 0.6) is 0 Å². The Bertz CT molecular complexity index is 229. The van der Waals surface area contributed by atoms with Crippen molar-refractivity contribution in [2.45, 2.75) is 5.38 Å². The first-order valence-electron chi connectivity index (χ1n) is 3.30. The van der Waals surface area contributed by atoms with Crippen LogP contribution in [0.1, 0.15) is 10.9 Å². The van der Waals surface area contributed by atoms with Crippen molar-refractivity contribution in [2.75, 3.05) is 0 Å². The van der Waals surface area contributed by atoms with Gasteiger partial charge in [-0.15, -0.1) is 11.6 Å². The topological polar surface area (TPSA) is 0 Å². The van der Waals surface area contributed by atoms with Crippen LogP contribution in [0.3, 0.4) is 0 Å². The van der Waals surface area contributed by atoms with Gasteiger partial charge >= 0.3 is 0 Å². The maximum absolute atomic E-state index is 5.94. The fraction of sp³-hybridized carbons (Fsp3) is 0.111. The van der Waals surface area contributed by atoms with Crippen molar-refractivity contribution in [3.63, 3.8) is 0 Å². The zero-order valence-corrected chi connectivity index (χ0v) is 7.39. The monoisotopic (exact) mass is 186 g/mol. The molecular formula is C9H8Cl2. The summed E-state index contributed by atoms with van der Waals surface area (Å²) in [5, 5.41) is -0.117. The Kier molecular flexibility index (Phi) is 3.47. The van der Waals surface area contributed by atoms with Crippen LogP contribution >= 0.6 is 23.2 Å². The number of halogens is 2. The van der Waals surface area contributed by atoms with E-state index in [4.69, 9.17) is 23.2 Å². The number of hydrogen-bond acceptors (Lipinski definition) is 0. The van der Waals surface area contributed by atoms with Gasteiger partial charge in [0.1, 0.15) is 0 Å². The zero-order chi connectivity index (χ0) is 8.10. The zero-order valence-electron chi connectivity index (χ0n) is 5.87. The molecule has 0 fully saturated rings. The molecule has 0 radical (unpaired) electrons.